The average Bonchev–Trinajstić information content (AvgIpc) is 3.29. The summed E-state index contributed by atoms with van der Waals surface area (Å²) < 4.78 is 5.50. The maximum atomic E-state index is 12.1. The Balaban J connectivity index is 1.31. The highest BCUT2D eigenvalue weighted by molar-refractivity contribution is 7.18. The maximum Gasteiger partial charge on any atom is 0.326 e. The predicted molar refractivity (Wildman–Crippen MR) is 149 cm³/mol. The third-order valence-electron chi connectivity index (χ3n) is 6.82. The molecule has 200 valence electrons. The monoisotopic (exact) mass is 526 g/mol. The number of pyridine rings is 1. The molecule has 0 bridgehead atoms. The Bertz CT molecular complexity index is 1190. The molecular weight excluding hydrogens is 488 g/mol. The van der Waals surface area contributed by atoms with Gasteiger partial charge < -0.3 is 25.4 Å². The number of aromatic nitrogens is 3. The van der Waals surface area contributed by atoms with Gasteiger partial charge in [-0.3, -0.25) is 0 Å². The molecule has 9 nitrogen and oxygen atoms in total. The second-order valence-corrected chi connectivity index (χ2v) is 11.0. The van der Waals surface area contributed by atoms with Crippen molar-refractivity contribution in [2.45, 2.75) is 64.5 Å². The minimum atomic E-state index is -0.884. The summed E-state index contributed by atoms with van der Waals surface area (Å²) in [6.45, 7) is 7.33. The number of carboxylic acids is 1. The molecule has 0 aliphatic carbocycles. The zero-order valence-electron chi connectivity index (χ0n) is 22.0. The van der Waals surface area contributed by atoms with Crippen molar-refractivity contribution in [3.05, 3.63) is 40.7 Å². The van der Waals surface area contributed by atoms with Crippen molar-refractivity contribution in [2.24, 2.45) is 0 Å². The van der Waals surface area contributed by atoms with Crippen LogP contribution < -0.4 is 10.6 Å². The van der Waals surface area contributed by atoms with Gasteiger partial charge in [0.25, 0.3) is 0 Å². The summed E-state index contributed by atoms with van der Waals surface area (Å²) in [6.07, 6.45) is 7.25. The molecule has 0 saturated carbocycles. The predicted octanol–water partition coefficient (Wildman–Crippen LogP) is 4.37. The van der Waals surface area contributed by atoms with Gasteiger partial charge in [-0.1, -0.05) is 6.07 Å². The smallest absolute Gasteiger partial charge is 0.326 e. The lowest BCUT2D eigenvalue weighted by Gasteiger charge is -2.27. The molecule has 0 spiro atoms. The number of ether oxygens (including phenoxy) is 1. The van der Waals surface area contributed by atoms with Crippen LogP contribution in [0.25, 0.3) is 10.2 Å². The number of anilines is 2. The number of unbranched alkanes of at least 4 members (excludes halogenated alkanes) is 1. The van der Waals surface area contributed by atoms with E-state index in [1.807, 2.05) is 19.9 Å². The van der Waals surface area contributed by atoms with Crippen molar-refractivity contribution in [3.63, 3.8) is 0 Å². The van der Waals surface area contributed by atoms with E-state index in [1.165, 1.54) is 18.3 Å². The number of thiophene rings is 1. The van der Waals surface area contributed by atoms with Gasteiger partial charge in [0.05, 0.1) is 11.5 Å². The summed E-state index contributed by atoms with van der Waals surface area (Å²) in [6, 6.07) is 5.61. The second-order valence-electron chi connectivity index (χ2n) is 9.77. The number of carboxylic acid groups (broad SMARTS) is 1. The molecule has 1 aliphatic rings. The van der Waals surface area contributed by atoms with E-state index >= 15 is 0 Å². The number of aliphatic carboxylic acids is 1. The highest BCUT2D eigenvalue weighted by Gasteiger charge is 2.21. The normalized spacial score (nSPS) is 14.8. The Labute approximate surface area is 222 Å². The zero-order chi connectivity index (χ0) is 26.2. The molecule has 3 aromatic rings. The number of nitrogens with zero attached hydrogens (tertiary/aromatic N) is 4. The van der Waals surface area contributed by atoms with Crippen LogP contribution >= 0.6 is 11.3 Å². The lowest BCUT2D eigenvalue weighted by Crippen LogP contribution is -2.38. The number of hydrogen-bond donors (Lipinski definition) is 3. The topological polar surface area (TPSA) is 113 Å². The fourth-order valence-corrected chi connectivity index (χ4v) is 5.55. The van der Waals surface area contributed by atoms with Crippen molar-refractivity contribution < 1.29 is 14.6 Å². The number of methoxy groups -OCH3 is 1. The number of hydrogen-bond acceptors (Lipinski definition) is 9. The molecule has 0 unspecified atom stereocenters. The van der Waals surface area contributed by atoms with Crippen molar-refractivity contribution in [2.75, 3.05) is 43.9 Å². The summed E-state index contributed by atoms with van der Waals surface area (Å²) in [5.74, 6) is 0.737. The minimum Gasteiger partial charge on any atom is -0.480 e. The summed E-state index contributed by atoms with van der Waals surface area (Å²) in [4.78, 5) is 29.8. The molecule has 3 N–H and O–H groups in total. The van der Waals surface area contributed by atoms with Gasteiger partial charge in [-0.15, -0.1) is 11.3 Å². The molecule has 2 atom stereocenters. The summed E-state index contributed by atoms with van der Waals surface area (Å²) >= 11 is 1.58. The van der Waals surface area contributed by atoms with Gasteiger partial charge in [0, 0.05) is 37.3 Å². The number of aryl methyl sites for hydroxylation is 3. The molecule has 0 radical (unpaired) electrons. The molecule has 10 heteroatoms. The van der Waals surface area contributed by atoms with E-state index in [-0.39, 0.29) is 6.10 Å². The Hall–Kier alpha value is -2.82. The lowest BCUT2D eigenvalue weighted by atomic mass is 10.1. The Morgan fingerprint density at radius 2 is 2.16 bits per heavy atom. The standard InChI is InChI=1S/C27H38N6O3S/c1-18(36-3)16-33(13-5-4-8-21-10-9-20-7-6-12-28-24(20)31-21)14-11-23(27(34)35)32-25-22-15-19(2)37-26(22)30-17-29-25/h9-10,15,17-18,23H,4-8,11-14,16H2,1-3H3,(H,28,31)(H,34,35)(H,29,30,32)/t18-,23+/m1/s1. The van der Waals surface area contributed by atoms with Crippen LogP contribution in [0, 0.1) is 6.92 Å². The van der Waals surface area contributed by atoms with Crippen LogP contribution in [-0.4, -0.2) is 76.4 Å². The van der Waals surface area contributed by atoms with E-state index in [4.69, 9.17) is 9.72 Å². The third kappa shape index (κ3) is 7.59. The van der Waals surface area contributed by atoms with Gasteiger partial charge in [0.15, 0.2) is 0 Å². The first-order valence-corrected chi connectivity index (χ1v) is 13.9. The number of fused-ring (bicyclic) bond motifs is 2. The van der Waals surface area contributed by atoms with Gasteiger partial charge in [-0.25, -0.2) is 19.7 Å². The van der Waals surface area contributed by atoms with E-state index in [9.17, 15) is 9.90 Å². The minimum absolute atomic E-state index is 0.0693. The number of rotatable bonds is 14. The average molecular weight is 527 g/mol. The highest BCUT2D eigenvalue weighted by Crippen LogP contribution is 2.28. The molecule has 1 aliphatic heterocycles. The highest BCUT2D eigenvalue weighted by atomic mass is 32.1. The van der Waals surface area contributed by atoms with Gasteiger partial charge in [0.1, 0.15) is 28.8 Å². The first-order chi connectivity index (χ1) is 17.9. The summed E-state index contributed by atoms with van der Waals surface area (Å²) in [5, 5.41) is 17.4. The van der Waals surface area contributed by atoms with Crippen LogP contribution in [0.4, 0.5) is 11.6 Å². The number of carbonyl (C=O) groups is 1. The van der Waals surface area contributed by atoms with Crippen LogP contribution in [-0.2, 0) is 22.4 Å². The van der Waals surface area contributed by atoms with Gasteiger partial charge in [-0.2, -0.15) is 0 Å². The Morgan fingerprint density at radius 3 is 2.97 bits per heavy atom. The number of nitrogens with one attached hydrogen (secondary N) is 2. The summed E-state index contributed by atoms with van der Waals surface area (Å²) in [7, 11) is 1.71. The molecule has 4 rings (SSSR count). The van der Waals surface area contributed by atoms with Crippen LogP contribution in [0.2, 0.25) is 0 Å². The van der Waals surface area contributed by atoms with Crippen molar-refractivity contribution >= 4 is 39.2 Å². The van der Waals surface area contributed by atoms with Crippen molar-refractivity contribution in [3.8, 4) is 0 Å². The van der Waals surface area contributed by atoms with Crippen LogP contribution in [0.3, 0.4) is 0 Å². The largest absolute Gasteiger partial charge is 0.480 e. The van der Waals surface area contributed by atoms with Crippen LogP contribution in [0.5, 0.6) is 0 Å². The van der Waals surface area contributed by atoms with Crippen LogP contribution in [0.15, 0.2) is 24.5 Å². The molecule has 3 aromatic heterocycles. The van der Waals surface area contributed by atoms with Gasteiger partial charge >= 0.3 is 5.97 Å². The Kier molecular flexibility index (Phi) is 9.65. The fraction of sp³-hybridized carbons (Fsp3) is 0.556. The Morgan fingerprint density at radius 1 is 1.30 bits per heavy atom. The van der Waals surface area contributed by atoms with Crippen molar-refractivity contribution in [1.29, 1.82) is 0 Å². The molecule has 0 saturated heterocycles. The van der Waals surface area contributed by atoms with Crippen LogP contribution in [0.1, 0.15) is 48.7 Å². The molecular formula is C27H38N6O3S. The van der Waals surface area contributed by atoms with Gasteiger partial charge in [-0.05, 0) is 76.6 Å². The van der Waals surface area contributed by atoms with E-state index < -0.39 is 12.0 Å². The second kappa shape index (κ2) is 13.1. The molecule has 0 aromatic carbocycles. The maximum absolute atomic E-state index is 12.1. The molecule has 37 heavy (non-hydrogen) atoms. The SMILES string of the molecule is CO[C@H](C)CN(CCCCc1ccc2c(n1)NCCC2)CC[C@H](Nc1ncnc2sc(C)cc12)C(=O)O. The first-order valence-electron chi connectivity index (χ1n) is 13.1. The fourth-order valence-electron chi connectivity index (χ4n) is 4.71. The van der Waals surface area contributed by atoms with Gasteiger partial charge in [0.2, 0.25) is 0 Å². The van der Waals surface area contributed by atoms with E-state index in [2.05, 4.69) is 37.6 Å². The van der Waals surface area contributed by atoms with Crippen molar-refractivity contribution in [1.82, 2.24) is 19.9 Å². The van der Waals surface area contributed by atoms with E-state index in [0.717, 1.165) is 71.9 Å². The molecule has 0 fully saturated rings. The quantitative estimate of drug-likeness (QED) is 0.264. The zero-order valence-corrected chi connectivity index (χ0v) is 22.8. The third-order valence-corrected chi connectivity index (χ3v) is 7.78. The first kappa shape index (κ1) is 27.2. The molecule has 4 heterocycles. The van der Waals surface area contributed by atoms with E-state index in [1.54, 1.807) is 18.4 Å². The summed E-state index contributed by atoms with van der Waals surface area (Å²) in [5.41, 5.74) is 2.44. The van der Waals surface area contributed by atoms with E-state index in [0.29, 0.717) is 18.8 Å². The lowest BCUT2D eigenvalue weighted by molar-refractivity contribution is -0.138. The molecule has 0 amide bonds.